The molecule has 220 valence electrons. The standard InChI is InChI=1S/C46H31N/c1-30-36-24-23-32-14-5-6-19-38(32)45(36)44(29-43(30)31-12-3-2-4-13-31)35-17-9-16-34(28-35)37-25-26-41(40-21-8-7-20-39(37)40)42-22-10-15-33-18-11-27-47-46(33)42/h2-29,43H,1H2. The predicted molar refractivity (Wildman–Crippen MR) is 199 cm³/mol. The van der Waals surface area contributed by atoms with Crippen molar-refractivity contribution < 1.29 is 0 Å². The SMILES string of the molecule is C=C1c2ccc3ccccc3c2C(c2cccc(-c3ccc(-c4cccc5cccnc45)c4ccccc34)c2)=CC1c1ccccc1. The zero-order valence-electron chi connectivity index (χ0n) is 25.9. The Kier molecular flexibility index (Phi) is 6.43. The second kappa shape index (κ2) is 11.1. The van der Waals surface area contributed by atoms with Crippen LogP contribution in [0.1, 0.15) is 28.2 Å². The van der Waals surface area contributed by atoms with Gasteiger partial charge >= 0.3 is 0 Å². The van der Waals surface area contributed by atoms with Gasteiger partial charge < -0.3 is 0 Å². The quantitative estimate of drug-likeness (QED) is 0.197. The second-order valence-electron chi connectivity index (χ2n) is 12.4. The summed E-state index contributed by atoms with van der Waals surface area (Å²) in [5.74, 6) is 0.0953. The first-order chi connectivity index (χ1) is 23.2. The minimum Gasteiger partial charge on any atom is -0.256 e. The van der Waals surface area contributed by atoms with Gasteiger partial charge in [-0.25, -0.2) is 0 Å². The molecule has 1 heterocycles. The summed E-state index contributed by atoms with van der Waals surface area (Å²) in [6.07, 6.45) is 4.31. The maximum Gasteiger partial charge on any atom is 0.0780 e. The highest BCUT2D eigenvalue weighted by Crippen LogP contribution is 2.47. The van der Waals surface area contributed by atoms with Gasteiger partial charge in [-0.2, -0.15) is 0 Å². The fourth-order valence-electron chi connectivity index (χ4n) is 7.51. The van der Waals surface area contributed by atoms with Gasteiger partial charge in [-0.05, 0) is 83.8 Å². The number of para-hydroxylation sites is 1. The Bertz CT molecular complexity index is 2530. The van der Waals surface area contributed by atoms with Crippen molar-refractivity contribution in [3.05, 3.63) is 199 Å². The van der Waals surface area contributed by atoms with Crippen molar-refractivity contribution in [3.63, 3.8) is 0 Å². The largest absolute Gasteiger partial charge is 0.256 e. The topological polar surface area (TPSA) is 12.9 Å². The fourth-order valence-corrected chi connectivity index (χ4v) is 7.51. The van der Waals surface area contributed by atoms with Crippen molar-refractivity contribution in [2.75, 3.05) is 0 Å². The summed E-state index contributed by atoms with van der Waals surface area (Å²) >= 11 is 0. The Labute approximate surface area is 274 Å². The molecule has 0 fully saturated rings. The van der Waals surface area contributed by atoms with E-state index in [4.69, 9.17) is 4.98 Å². The number of fused-ring (bicyclic) bond motifs is 5. The summed E-state index contributed by atoms with van der Waals surface area (Å²) in [6, 6.07) is 56.9. The number of nitrogens with zero attached hydrogens (tertiary/aromatic N) is 1. The lowest BCUT2D eigenvalue weighted by Gasteiger charge is -2.29. The molecule has 0 bridgehead atoms. The van der Waals surface area contributed by atoms with Crippen LogP contribution in [0, 0.1) is 0 Å². The van der Waals surface area contributed by atoms with E-state index in [1.165, 1.54) is 66.1 Å². The molecule has 1 aromatic heterocycles. The summed E-state index contributed by atoms with van der Waals surface area (Å²) in [7, 11) is 0. The lowest BCUT2D eigenvalue weighted by molar-refractivity contribution is 1.09. The van der Waals surface area contributed by atoms with Gasteiger partial charge in [0.15, 0.2) is 0 Å². The van der Waals surface area contributed by atoms with E-state index in [0.29, 0.717) is 0 Å². The van der Waals surface area contributed by atoms with E-state index in [1.807, 2.05) is 12.3 Å². The Morgan fingerprint density at radius 1 is 0.468 bits per heavy atom. The van der Waals surface area contributed by atoms with Gasteiger partial charge in [-0.3, -0.25) is 4.98 Å². The summed E-state index contributed by atoms with van der Waals surface area (Å²) in [4.78, 5) is 4.77. The molecule has 0 aliphatic heterocycles. The number of pyridine rings is 1. The zero-order chi connectivity index (χ0) is 31.3. The molecule has 47 heavy (non-hydrogen) atoms. The molecule has 7 aromatic carbocycles. The fraction of sp³-hybridized carbons (Fsp3) is 0.0217. The highest BCUT2D eigenvalue weighted by Gasteiger charge is 2.27. The Morgan fingerprint density at radius 3 is 2.00 bits per heavy atom. The van der Waals surface area contributed by atoms with E-state index in [1.54, 1.807) is 0 Å². The van der Waals surface area contributed by atoms with Crippen LogP contribution in [0.25, 0.3) is 65.8 Å². The van der Waals surface area contributed by atoms with Crippen molar-refractivity contribution in [3.8, 4) is 22.3 Å². The van der Waals surface area contributed by atoms with Crippen LogP contribution in [0.3, 0.4) is 0 Å². The van der Waals surface area contributed by atoms with E-state index < -0.39 is 0 Å². The van der Waals surface area contributed by atoms with E-state index in [-0.39, 0.29) is 5.92 Å². The third kappa shape index (κ3) is 4.51. The molecule has 8 aromatic rings. The Hall–Kier alpha value is -6.05. The van der Waals surface area contributed by atoms with Gasteiger partial charge in [-0.1, -0.05) is 158 Å². The Balaban J connectivity index is 1.24. The molecule has 1 aliphatic rings. The molecule has 1 atom stereocenters. The van der Waals surface area contributed by atoms with Crippen LogP contribution in [0.5, 0.6) is 0 Å². The summed E-state index contributed by atoms with van der Waals surface area (Å²) in [6.45, 7) is 4.65. The molecular formula is C46H31N. The predicted octanol–water partition coefficient (Wildman–Crippen LogP) is 12.1. The maximum absolute atomic E-state index is 4.77. The van der Waals surface area contributed by atoms with Crippen LogP contribution >= 0.6 is 0 Å². The molecule has 0 saturated carbocycles. The minimum atomic E-state index is 0.0953. The lowest BCUT2D eigenvalue weighted by atomic mass is 9.74. The molecule has 0 spiro atoms. The van der Waals surface area contributed by atoms with Gasteiger partial charge in [0.2, 0.25) is 0 Å². The number of allylic oxidation sites excluding steroid dienone is 2. The summed E-state index contributed by atoms with van der Waals surface area (Å²) < 4.78 is 0. The number of hydrogen-bond donors (Lipinski definition) is 0. The smallest absolute Gasteiger partial charge is 0.0780 e. The molecule has 9 rings (SSSR count). The van der Waals surface area contributed by atoms with Crippen LogP contribution in [0.2, 0.25) is 0 Å². The van der Waals surface area contributed by atoms with Gasteiger partial charge in [-0.15, -0.1) is 0 Å². The molecular weight excluding hydrogens is 567 g/mol. The first-order valence-corrected chi connectivity index (χ1v) is 16.2. The van der Waals surface area contributed by atoms with Crippen molar-refractivity contribution in [1.29, 1.82) is 0 Å². The third-order valence-electron chi connectivity index (χ3n) is 9.74. The molecule has 0 N–H and O–H groups in total. The van der Waals surface area contributed by atoms with Crippen LogP contribution in [-0.2, 0) is 0 Å². The van der Waals surface area contributed by atoms with Crippen LogP contribution < -0.4 is 0 Å². The van der Waals surface area contributed by atoms with Crippen molar-refractivity contribution >= 4 is 43.6 Å². The number of rotatable bonds is 4. The van der Waals surface area contributed by atoms with Gasteiger partial charge in [0, 0.05) is 23.1 Å². The van der Waals surface area contributed by atoms with E-state index in [2.05, 4.69) is 164 Å². The van der Waals surface area contributed by atoms with Gasteiger partial charge in [0.05, 0.1) is 5.52 Å². The van der Waals surface area contributed by atoms with Crippen LogP contribution in [-0.4, -0.2) is 4.98 Å². The van der Waals surface area contributed by atoms with Crippen molar-refractivity contribution in [1.82, 2.24) is 4.98 Å². The summed E-state index contributed by atoms with van der Waals surface area (Å²) in [5.41, 5.74) is 13.1. The highest BCUT2D eigenvalue weighted by molar-refractivity contribution is 6.10. The van der Waals surface area contributed by atoms with Gasteiger partial charge in [0.25, 0.3) is 0 Å². The highest BCUT2D eigenvalue weighted by atomic mass is 14.6. The van der Waals surface area contributed by atoms with Crippen molar-refractivity contribution in [2.24, 2.45) is 0 Å². The van der Waals surface area contributed by atoms with Crippen LogP contribution in [0.15, 0.2) is 177 Å². The molecule has 0 saturated heterocycles. The number of aromatic nitrogens is 1. The molecule has 1 heteroatoms. The minimum absolute atomic E-state index is 0.0953. The van der Waals surface area contributed by atoms with Crippen molar-refractivity contribution in [2.45, 2.75) is 5.92 Å². The average molecular weight is 598 g/mol. The molecule has 1 unspecified atom stereocenters. The van der Waals surface area contributed by atoms with E-state index in [9.17, 15) is 0 Å². The normalized spacial score (nSPS) is 14.3. The summed E-state index contributed by atoms with van der Waals surface area (Å²) in [5, 5.41) is 6.10. The third-order valence-corrected chi connectivity index (χ3v) is 9.74. The first kappa shape index (κ1) is 27.3. The molecule has 0 amide bonds. The molecule has 1 nitrogen and oxygen atoms in total. The number of benzene rings is 7. The average Bonchev–Trinajstić information content (AvgIpc) is 3.14. The van der Waals surface area contributed by atoms with Gasteiger partial charge in [0.1, 0.15) is 0 Å². The van der Waals surface area contributed by atoms with E-state index in [0.717, 1.165) is 22.0 Å². The number of hydrogen-bond acceptors (Lipinski definition) is 1. The van der Waals surface area contributed by atoms with E-state index >= 15 is 0 Å². The lowest BCUT2D eigenvalue weighted by Crippen LogP contribution is -2.09. The monoisotopic (exact) mass is 597 g/mol. The second-order valence-corrected chi connectivity index (χ2v) is 12.4. The molecule has 0 radical (unpaired) electrons. The molecule has 1 aliphatic carbocycles. The zero-order valence-corrected chi connectivity index (χ0v) is 25.9. The maximum atomic E-state index is 4.77. The first-order valence-electron chi connectivity index (χ1n) is 16.2. The van der Waals surface area contributed by atoms with Crippen LogP contribution in [0.4, 0.5) is 0 Å². The Morgan fingerprint density at radius 2 is 1.13 bits per heavy atom.